The molecule has 0 bridgehead atoms. The Labute approximate surface area is 149 Å². The first-order chi connectivity index (χ1) is 11.8. The monoisotopic (exact) mass is 340 g/mol. The van der Waals surface area contributed by atoms with Gasteiger partial charge in [-0.1, -0.05) is 24.3 Å². The van der Waals surface area contributed by atoms with Crippen LogP contribution in [0.1, 0.15) is 31.9 Å². The number of hydrogen-bond acceptors (Lipinski definition) is 4. The maximum atomic E-state index is 12.3. The van der Waals surface area contributed by atoms with Gasteiger partial charge in [0, 0.05) is 6.08 Å². The molecule has 0 spiro atoms. The quantitative estimate of drug-likeness (QED) is 0.595. The van der Waals surface area contributed by atoms with Crippen LogP contribution < -0.4 is 9.47 Å². The summed E-state index contributed by atoms with van der Waals surface area (Å²) in [4.78, 5) is 12.3. The van der Waals surface area contributed by atoms with Gasteiger partial charge in [-0.3, -0.25) is 0 Å². The summed E-state index contributed by atoms with van der Waals surface area (Å²) in [6.07, 6.45) is 1.52. The summed E-state index contributed by atoms with van der Waals surface area (Å²) in [5.41, 5.74) is 2.03. The normalized spacial score (nSPS) is 10.8. The number of benzene rings is 2. The highest BCUT2D eigenvalue weighted by Crippen LogP contribution is 2.27. The molecule has 2 aromatic rings. The van der Waals surface area contributed by atoms with Crippen molar-refractivity contribution in [3.63, 3.8) is 0 Å². The second kappa shape index (κ2) is 7.88. The van der Waals surface area contributed by atoms with E-state index < -0.39 is 5.60 Å². The highest BCUT2D eigenvalue weighted by molar-refractivity contribution is 5.96. The van der Waals surface area contributed by atoms with Crippen LogP contribution in [0.3, 0.4) is 0 Å². The van der Waals surface area contributed by atoms with E-state index in [1.165, 1.54) is 6.08 Å². The van der Waals surface area contributed by atoms with Crippen molar-refractivity contribution in [3.8, 4) is 11.5 Å². The number of hydrogen-bond donors (Lipinski definition) is 0. The lowest BCUT2D eigenvalue weighted by Crippen LogP contribution is -2.22. The minimum atomic E-state index is -0.543. The Bertz CT molecular complexity index is 685. The minimum absolute atomic E-state index is 0.380. The van der Waals surface area contributed by atoms with Crippen LogP contribution in [0.15, 0.2) is 54.6 Å². The molecule has 0 heterocycles. The fraction of sp³-hybridized carbons (Fsp3) is 0.286. The fourth-order valence-electron chi connectivity index (χ4n) is 2.32. The summed E-state index contributed by atoms with van der Waals surface area (Å²) in [6, 6.07) is 15.1. The summed E-state index contributed by atoms with van der Waals surface area (Å²) < 4.78 is 15.8. The van der Waals surface area contributed by atoms with Crippen molar-refractivity contribution in [2.75, 3.05) is 14.2 Å². The van der Waals surface area contributed by atoms with Gasteiger partial charge in [-0.2, -0.15) is 0 Å². The summed E-state index contributed by atoms with van der Waals surface area (Å²) in [6.45, 7) is 5.54. The average Bonchev–Trinajstić information content (AvgIpc) is 2.58. The maximum absolute atomic E-state index is 12.3. The van der Waals surface area contributed by atoms with E-state index in [0.717, 1.165) is 28.2 Å². The summed E-state index contributed by atoms with van der Waals surface area (Å²) in [5.74, 6) is 1.14. The van der Waals surface area contributed by atoms with Crippen LogP contribution in [-0.2, 0) is 9.53 Å². The van der Waals surface area contributed by atoms with Crippen molar-refractivity contribution in [1.29, 1.82) is 0 Å². The van der Waals surface area contributed by atoms with Crippen molar-refractivity contribution in [1.82, 2.24) is 0 Å². The predicted octanol–water partition coefficient (Wildman–Crippen LogP) is 4.48. The SMILES string of the molecule is COc1ccc(C(=CC(=O)OC(C)(C)C)c2ccc(OC)cc2)cc1. The molecule has 0 saturated carbocycles. The molecular weight excluding hydrogens is 316 g/mol. The maximum Gasteiger partial charge on any atom is 0.331 e. The van der Waals surface area contributed by atoms with Crippen LogP contribution in [-0.4, -0.2) is 25.8 Å². The zero-order chi connectivity index (χ0) is 18.4. The van der Waals surface area contributed by atoms with Gasteiger partial charge >= 0.3 is 5.97 Å². The van der Waals surface area contributed by atoms with Crippen molar-refractivity contribution in [3.05, 3.63) is 65.7 Å². The van der Waals surface area contributed by atoms with Gasteiger partial charge in [0.15, 0.2) is 0 Å². The van der Waals surface area contributed by atoms with Crippen molar-refractivity contribution < 1.29 is 19.0 Å². The third-order valence-corrected chi connectivity index (χ3v) is 3.47. The van der Waals surface area contributed by atoms with E-state index >= 15 is 0 Å². The molecule has 0 N–H and O–H groups in total. The number of ether oxygens (including phenoxy) is 3. The lowest BCUT2D eigenvalue weighted by molar-refractivity contribution is -0.148. The molecule has 0 aliphatic heterocycles. The van der Waals surface area contributed by atoms with Gasteiger partial charge < -0.3 is 14.2 Å². The van der Waals surface area contributed by atoms with Crippen LogP contribution >= 0.6 is 0 Å². The Morgan fingerprint density at radius 1 is 0.800 bits per heavy atom. The molecule has 25 heavy (non-hydrogen) atoms. The molecule has 0 atom stereocenters. The molecule has 0 amide bonds. The lowest BCUT2D eigenvalue weighted by Gasteiger charge is -2.19. The molecule has 4 heteroatoms. The molecular formula is C21H24O4. The Hall–Kier alpha value is -2.75. The van der Waals surface area contributed by atoms with E-state index in [4.69, 9.17) is 14.2 Å². The summed E-state index contributed by atoms with van der Waals surface area (Å²) in [7, 11) is 3.24. The van der Waals surface area contributed by atoms with E-state index in [2.05, 4.69) is 0 Å². The van der Waals surface area contributed by atoms with Gasteiger partial charge in [0.1, 0.15) is 17.1 Å². The zero-order valence-electron chi connectivity index (χ0n) is 15.3. The number of carbonyl (C=O) groups is 1. The topological polar surface area (TPSA) is 44.8 Å². The molecule has 0 saturated heterocycles. The van der Waals surface area contributed by atoms with Gasteiger partial charge in [-0.25, -0.2) is 4.79 Å². The molecule has 132 valence electrons. The second-order valence-corrected chi connectivity index (χ2v) is 6.55. The number of rotatable bonds is 5. The van der Waals surface area contributed by atoms with E-state index in [-0.39, 0.29) is 5.97 Å². The Kier molecular flexibility index (Phi) is 5.86. The van der Waals surface area contributed by atoms with E-state index in [0.29, 0.717) is 0 Å². The van der Waals surface area contributed by atoms with Crippen LogP contribution in [0.4, 0.5) is 0 Å². The van der Waals surface area contributed by atoms with Gasteiger partial charge in [-0.05, 0) is 61.7 Å². The van der Waals surface area contributed by atoms with Gasteiger partial charge in [0.05, 0.1) is 14.2 Å². The number of esters is 1. The molecule has 4 nitrogen and oxygen atoms in total. The molecule has 0 unspecified atom stereocenters. The molecule has 0 aromatic heterocycles. The Balaban J connectivity index is 2.43. The number of methoxy groups -OCH3 is 2. The van der Waals surface area contributed by atoms with Crippen molar-refractivity contribution in [2.45, 2.75) is 26.4 Å². The van der Waals surface area contributed by atoms with Gasteiger partial charge in [0.2, 0.25) is 0 Å². The van der Waals surface area contributed by atoms with Crippen molar-refractivity contribution >= 4 is 11.5 Å². The fourth-order valence-corrected chi connectivity index (χ4v) is 2.32. The Morgan fingerprint density at radius 2 is 1.20 bits per heavy atom. The largest absolute Gasteiger partial charge is 0.497 e. The van der Waals surface area contributed by atoms with E-state index in [1.807, 2.05) is 69.3 Å². The molecule has 0 fully saturated rings. The van der Waals surface area contributed by atoms with E-state index in [9.17, 15) is 4.79 Å². The third-order valence-electron chi connectivity index (χ3n) is 3.47. The molecule has 0 aliphatic carbocycles. The first kappa shape index (κ1) is 18.6. The molecule has 0 radical (unpaired) electrons. The van der Waals surface area contributed by atoms with Crippen molar-refractivity contribution in [2.24, 2.45) is 0 Å². The third kappa shape index (κ3) is 5.38. The zero-order valence-corrected chi connectivity index (χ0v) is 15.3. The highest BCUT2D eigenvalue weighted by Gasteiger charge is 2.16. The van der Waals surface area contributed by atoms with Crippen LogP contribution in [0, 0.1) is 0 Å². The van der Waals surface area contributed by atoms with Gasteiger partial charge in [-0.15, -0.1) is 0 Å². The molecule has 0 aliphatic rings. The van der Waals surface area contributed by atoms with Gasteiger partial charge in [0.25, 0.3) is 0 Å². The summed E-state index contributed by atoms with van der Waals surface area (Å²) in [5, 5.41) is 0. The lowest BCUT2D eigenvalue weighted by atomic mass is 9.97. The number of carbonyl (C=O) groups excluding carboxylic acids is 1. The second-order valence-electron chi connectivity index (χ2n) is 6.55. The summed E-state index contributed by atoms with van der Waals surface area (Å²) >= 11 is 0. The average molecular weight is 340 g/mol. The van der Waals surface area contributed by atoms with E-state index in [1.54, 1.807) is 14.2 Å². The highest BCUT2D eigenvalue weighted by atomic mass is 16.6. The standard InChI is InChI=1S/C21H24O4/c1-21(2,3)25-20(22)14-19(15-6-10-17(23-4)11-7-15)16-8-12-18(24-5)13-9-16/h6-14H,1-5H3. The first-order valence-electron chi connectivity index (χ1n) is 8.06. The molecule has 2 rings (SSSR count). The first-order valence-corrected chi connectivity index (χ1v) is 8.06. The smallest absolute Gasteiger partial charge is 0.331 e. The molecule has 2 aromatic carbocycles. The Morgan fingerprint density at radius 3 is 1.52 bits per heavy atom. The van der Waals surface area contributed by atoms with Crippen LogP contribution in [0.25, 0.3) is 5.57 Å². The van der Waals surface area contributed by atoms with Crippen LogP contribution in [0.5, 0.6) is 11.5 Å². The van der Waals surface area contributed by atoms with Crippen LogP contribution in [0.2, 0.25) is 0 Å². The minimum Gasteiger partial charge on any atom is -0.497 e. The predicted molar refractivity (Wildman–Crippen MR) is 98.9 cm³/mol.